The Kier molecular flexibility index (Phi) is 10.3. The maximum atomic E-state index is 5.86. The Balaban J connectivity index is 1.23. The van der Waals surface area contributed by atoms with E-state index in [4.69, 9.17) is 39.9 Å². The highest BCUT2D eigenvalue weighted by atomic mass is 32.1. The molecule has 8 aromatic carbocycles. The molecule has 0 spiro atoms. The second-order valence-electron chi connectivity index (χ2n) is 21.1. The van der Waals surface area contributed by atoms with Gasteiger partial charge < -0.3 is 18.3 Å². The van der Waals surface area contributed by atoms with Gasteiger partial charge in [0.05, 0.1) is 110 Å². The molecule has 0 aliphatic carbocycles. The standard InChI is InChI=1S/C72H42N12S/c1-3-21-43(22-4-1)69-78-70(44-23-5-2-6-24-44)80-71(79-69)59-65(81-50-30-12-7-25-45(50)61-54(81)34-17-39-73-61)67(83-52-32-14-9-27-47(52)63-56(83)36-19-41-75-63)60(72-77-49-29-11-16-38-58(49)85-72)68(84-53-33-15-10-28-48(53)64-57(84)37-20-42-76-64)66(59)82-51-31-13-8-26-46(51)62-55(82)35-18-40-74-62/h1-42H. The first-order valence-electron chi connectivity index (χ1n) is 28.1. The van der Waals surface area contributed by atoms with Crippen LogP contribution in [0.1, 0.15) is 0 Å². The predicted octanol–water partition coefficient (Wildman–Crippen LogP) is 17.1. The fraction of sp³-hybridized carbons (Fsp3) is 0. The van der Waals surface area contributed by atoms with E-state index >= 15 is 0 Å². The van der Waals surface area contributed by atoms with Crippen molar-refractivity contribution in [2.45, 2.75) is 0 Å². The number of aromatic nitrogens is 12. The lowest BCUT2D eigenvalue weighted by Gasteiger charge is -2.30. The van der Waals surface area contributed by atoms with Gasteiger partial charge in [-0.15, -0.1) is 11.3 Å². The van der Waals surface area contributed by atoms with E-state index in [2.05, 4.69) is 188 Å². The third-order valence-corrected chi connectivity index (χ3v) is 17.5. The van der Waals surface area contributed by atoms with E-state index in [1.807, 2.05) is 85.5 Å². The number of hydrogen-bond acceptors (Lipinski definition) is 9. The first kappa shape index (κ1) is 47.1. The highest BCUT2D eigenvalue weighted by Crippen LogP contribution is 2.55. The molecule has 0 amide bonds. The third kappa shape index (κ3) is 6.95. The van der Waals surface area contributed by atoms with Crippen molar-refractivity contribution >= 4 is 109 Å². The van der Waals surface area contributed by atoms with Crippen LogP contribution >= 0.6 is 11.3 Å². The summed E-state index contributed by atoms with van der Waals surface area (Å²) in [6.07, 6.45) is 7.53. The molecule has 0 N–H and O–H groups in total. The number of rotatable bonds is 8. The first-order valence-corrected chi connectivity index (χ1v) is 28.9. The molecule has 0 unspecified atom stereocenters. The summed E-state index contributed by atoms with van der Waals surface area (Å²) in [6, 6.07) is 80.0. The van der Waals surface area contributed by atoms with E-state index in [0.29, 0.717) is 23.0 Å². The Morgan fingerprint density at radius 3 is 0.965 bits per heavy atom. The van der Waals surface area contributed by atoms with Crippen molar-refractivity contribution in [1.29, 1.82) is 0 Å². The van der Waals surface area contributed by atoms with Gasteiger partial charge in [-0.3, -0.25) is 19.9 Å². The van der Waals surface area contributed by atoms with Gasteiger partial charge in [0.15, 0.2) is 17.5 Å². The predicted molar refractivity (Wildman–Crippen MR) is 343 cm³/mol. The van der Waals surface area contributed by atoms with Gasteiger partial charge in [-0.25, -0.2) is 19.9 Å². The first-order chi connectivity index (χ1) is 42.2. The normalized spacial score (nSPS) is 12.0. The molecule has 10 heterocycles. The van der Waals surface area contributed by atoms with E-state index in [1.54, 1.807) is 11.3 Å². The SMILES string of the molecule is c1ccc(-c2nc(-c3ccccc3)nc(-c3c(-n4c5ccccc5c5ncccc54)c(-n4c5ccccc5c5ncccc54)c(-c4nc5ccccc5s4)c(-n4c5ccccc5c5ncccc54)c3-n3c4ccccc4c4ncccc43)n2)cc1. The molecular weight excluding hydrogens is 1060 g/mol. The Hall–Kier alpha value is -11.5. The molecule has 0 saturated heterocycles. The van der Waals surface area contributed by atoms with Gasteiger partial charge in [-0.1, -0.05) is 146 Å². The van der Waals surface area contributed by atoms with Crippen molar-refractivity contribution in [2.24, 2.45) is 0 Å². The van der Waals surface area contributed by atoms with E-state index in [-0.39, 0.29) is 0 Å². The van der Waals surface area contributed by atoms with Gasteiger partial charge in [-0.05, 0) is 84.9 Å². The molecule has 13 heteroatoms. The summed E-state index contributed by atoms with van der Waals surface area (Å²) in [5.41, 5.74) is 17.9. The zero-order valence-electron chi connectivity index (χ0n) is 45.0. The number of pyridine rings is 4. The largest absolute Gasteiger partial charge is 0.305 e. The highest BCUT2D eigenvalue weighted by Gasteiger charge is 2.38. The summed E-state index contributed by atoms with van der Waals surface area (Å²) in [5.74, 6) is 1.45. The molecule has 0 aliphatic rings. The summed E-state index contributed by atoms with van der Waals surface area (Å²) in [4.78, 5) is 43.9. The summed E-state index contributed by atoms with van der Waals surface area (Å²) in [6.45, 7) is 0. The molecule has 18 rings (SSSR count). The van der Waals surface area contributed by atoms with Crippen molar-refractivity contribution in [3.8, 4) is 67.5 Å². The van der Waals surface area contributed by atoms with Crippen molar-refractivity contribution in [3.05, 3.63) is 255 Å². The van der Waals surface area contributed by atoms with Gasteiger partial charge in [-0.2, -0.15) is 0 Å². The highest BCUT2D eigenvalue weighted by molar-refractivity contribution is 7.21. The second kappa shape index (κ2) is 18.5. The van der Waals surface area contributed by atoms with E-state index < -0.39 is 0 Å². The number of benzene rings is 8. The molecule has 18 aromatic rings. The number of hydrogen-bond donors (Lipinski definition) is 0. The Morgan fingerprint density at radius 2 is 0.576 bits per heavy atom. The molecule has 0 radical (unpaired) electrons. The van der Waals surface area contributed by atoms with Crippen molar-refractivity contribution < 1.29 is 0 Å². The van der Waals surface area contributed by atoms with Crippen LogP contribution in [0.25, 0.3) is 165 Å². The van der Waals surface area contributed by atoms with Crippen LogP contribution in [0, 0.1) is 0 Å². The molecule has 0 bridgehead atoms. The minimum Gasteiger partial charge on any atom is -0.305 e. The molecule has 0 saturated carbocycles. The van der Waals surface area contributed by atoms with Crippen LogP contribution < -0.4 is 0 Å². The number of para-hydroxylation sites is 5. The topological polar surface area (TPSA) is 123 Å². The average Bonchev–Trinajstić information content (AvgIpc) is 1.68. The minimum absolute atomic E-state index is 0.429. The summed E-state index contributed by atoms with van der Waals surface area (Å²) in [7, 11) is 0. The van der Waals surface area contributed by atoms with Crippen LogP contribution in [0.15, 0.2) is 255 Å². The maximum absolute atomic E-state index is 5.86. The van der Waals surface area contributed by atoms with Crippen LogP contribution in [0.5, 0.6) is 0 Å². The quantitative estimate of drug-likeness (QED) is 0.147. The van der Waals surface area contributed by atoms with Gasteiger partial charge in [0, 0.05) is 57.5 Å². The number of thiazole rings is 1. The average molecular weight is 1110 g/mol. The minimum atomic E-state index is 0.429. The lowest BCUT2D eigenvalue weighted by molar-refractivity contribution is 1.02. The van der Waals surface area contributed by atoms with Crippen LogP contribution in [-0.2, 0) is 0 Å². The van der Waals surface area contributed by atoms with E-state index in [1.165, 1.54) is 0 Å². The summed E-state index contributed by atoms with van der Waals surface area (Å²) in [5, 5.41) is 4.72. The van der Waals surface area contributed by atoms with Gasteiger partial charge in [0.2, 0.25) is 0 Å². The van der Waals surface area contributed by atoms with Crippen molar-refractivity contribution in [1.82, 2.24) is 58.1 Å². The second-order valence-corrected chi connectivity index (χ2v) is 22.1. The monoisotopic (exact) mass is 1110 g/mol. The molecule has 0 atom stereocenters. The van der Waals surface area contributed by atoms with E-state index in [9.17, 15) is 0 Å². The molecule has 0 fully saturated rings. The van der Waals surface area contributed by atoms with Crippen LogP contribution in [-0.4, -0.2) is 58.1 Å². The van der Waals surface area contributed by atoms with Gasteiger partial charge in [0.25, 0.3) is 0 Å². The maximum Gasteiger partial charge on any atom is 0.168 e. The summed E-state index contributed by atoms with van der Waals surface area (Å²) >= 11 is 1.67. The Labute approximate surface area is 487 Å². The zero-order valence-corrected chi connectivity index (χ0v) is 45.8. The van der Waals surface area contributed by atoms with Crippen LogP contribution in [0.2, 0.25) is 0 Å². The third-order valence-electron chi connectivity index (χ3n) is 16.4. The molecular formula is C72H42N12S. The summed E-state index contributed by atoms with van der Waals surface area (Å²) < 4.78 is 10.7. The molecule has 0 aliphatic heterocycles. The van der Waals surface area contributed by atoms with E-state index in [0.717, 1.165) is 142 Å². The molecule has 10 aromatic heterocycles. The van der Waals surface area contributed by atoms with Crippen molar-refractivity contribution in [3.63, 3.8) is 0 Å². The lowest BCUT2D eigenvalue weighted by atomic mass is 9.96. The zero-order chi connectivity index (χ0) is 55.7. The number of nitrogens with zero attached hydrogens (tertiary/aromatic N) is 12. The number of fused-ring (bicyclic) bond motifs is 13. The fourth-order valence-electron chi connectivity index (χ4n) is 13.0. The van der Waals surface area contributed by atoms with Crippen LogP contribution in [0.3, 0.4) is 0 Å². The van der Waals surface area contributed by atoms with Gasteiger partial charge in [0.1, 0.15) is 5.01 Å². The smallest absolute Gasteiger partial charge is 0.168 e. The molecule has 12 nitrogen and oxygen atoms in total. The molecule has 85 heavy (non-hydrogen) atoms. The molecule has 396 valence electrons. The Bertz CT molecular complexity index is 5200. The lowest BCUT2D eigenvalue weighted by Crippen LogP contribution is -2.17. The fourth-order valence-corrected chi connectivity index (χ4v) is 14.0. The van der Waals surface area contributed by atoms with Gasteiger partial charge >= 0.3 is 0 Å². The van der Waals surface area contributed by atoms with Crippen LogP contribution in [0.4, 0.5) is 0 Å². The Morgan fingerprint density at radius 1 is 0.259 bits per heavy atom. The van der Waals surface area contributed by atoms with Crippen molar-refractivity contribution in [2.75, 3.05) is 0 Å².